The van der Waals surface area contributed by atoms with Gasteiger partial charge in [-0.25, -0.2) is 20.0 Å². The van der Waals surface area contributed by atoms with Crippen molar-refractivity contribution in [1.82, 2.24) is 14.5 Å². The Bertz CT molecular complexity index is 721. The predicted octanol–water partition coefficient (Wildman–Crippen LogP) is 3.32. The minimum absolute atomic E-state index is 0.687. The van der Waals surface area contributed by atoms with Crippen molar-refractivity contribution in [3.8, 4) is 0 Å². The lowest BCUT2D eigenvalue weighted by molar-refractivity contribution is 0.909. The molecule has 3 aromatic heterocycles. The fraction of sp³-hybridized carbons (Fsp3) is 0.0588. The number of nitrogens with zero attached hydrogens (tertiary/aromatic N) is 5. The molecule has 0 bridgehead atoms. The Kier molecular flexibility index (Phi) is 4.15. The lowest BCUT2D eigenvalue weighted by atomic mass is 10.4. The lowest BCUT2D eigenvalue weighted by Crippen LogP contribution is -1.99. The molecule has 0 unspecified atom stereocenters. The zero-order chi connectivity index (χ0) is 15.2. The molecule has 0 spiro atoms. The Morgan fingerprint density at radius 1 is 0.773 bits per heavy atom. The molecule has 0 aliphatic heterocycles. The van der Waals surface area contributed by atoms with Crippen molar-refractivity contribution in [3.05, 3.63) is 72.3 Å². The van der Waals surface area contributed by atoms with Crippen molar-refractivity contribution in [2.45, 2.75) is 0 Å². The summed E-state index contributed by atoms with van der Waals surface area (Å²) in [6.07, 6.45) is 7.03. The van der Waals surface area contributed by atoms with E-state index in [1.165, 1.54) is 0 Å². The highest BCUT2D eigenvalue weighted by atomic mass is 15.0. The van der Waals surface area contributed by atoms with Gasteiger partial charge in [0, 0.05) is 19.4 Å². The third-order valence-electron chi connectivity index (χ3n) is 3.16. The molecule has 0 aromatic carbocycles. The highest BCUT2D eigenvalue weighted by Gasteiger charge is 2.00. The van der Waals surface area contributed by atoms with Gasteiger partial charge in [-0.15, -0.1) is 0 Å². The molecule has 5 heteroatoms. The number of pyridine rings is 2. The molecule has 3 heterocycles. The van der Waals surface area contributed by atoms with Crippen LogP contribution in [0, 0.1) is 0 Å². The van der Waals surface area contributed by atoms with Gasteiger partial charge < -0.3 is 4.57 Å². The summed E-state index contributed by atoms with van der Waals surface area (Å²) in [5, 5.41) is 0. The van der Waals surface area contributed by atoms with Crippen molar-refractivity contribution >= 4 is 24.1 Å². The fourth-order valence-corrected chi connectivity index (χ4v) is 1.93. The highest BCUT2D eigenvalue weighted by Crippen LogP contribution is 2.09. The maximum absolute atomic E-state index is 4.36. The number of rotatable bonds is 4. The van der Waals surface area contributed by atoms with Crippen LogP contribution in [-0.2, 0) is 7.05 Å². The molecule has 0 radical (unpaired) electrons. The second kappa shape index (κ2) is 6.58. The summed E-state index contributed by atoms with van der Waals surface area (Å²) in [5.41, 5.74) is 1.96. The second-order valence-corrected chi connectivity index (χ2v) is 4.63. The van der Waals surface area contributed by atoms with Gasteiger partial charge in [0.15, 0.2) is 11.6 Å². The first kappa shape index (κ1) is 13.9. The minimum Gasteiger partial charge on any atom is -0.342 e. The van der Waals surface area contributed by atoms with E-state index in [1.54, 1.807) is 24.8 Å². The van der Waals surface area contributed by atoms with Crippen LogP contribution in [0.1, 0.15) is 11.4 Å². The van der Waals surface area contributed by atoms with E-state index in [2.05, 4.69) is 20.0 Å². The van der Waals surface area contributed by atoms with E-state index in [9.17, 15) is 0 Å². The lowest BCUT2D eigenvalue weighted by Gasteiger charge is -2.00. The second-order valence-electron chi connectivity index (χ2n) is 4.63. The van der Waals surface area contributed by atoms with Crippen molar-refractivity contribution in [2.24, 2.45) is 17.0 Å². The average molecular weight is 289 g/mol. The molecule has 3 aromatic rings. The van der Waals surface area contributed by atoms with Gasteiger partial charge in [-0.1, -0.05) is 12.1 Å². The van der Waals surface area contributed by atoms with Crippen LogP contribution in [-0.4, -0.2) is 27.0 Å². The van der Waals surface area contributed by atoms with Crippen LogP contribution in [0.15, 0.2) is 70.9 Å². The monoisotopic (exact) mass is 289 g/mol. The quantitative estimate of drug-likeness (QED) is 0.692. The summed E-state index contributed by atoms with van der Waals surface area (Å²) < 4.78 is 2.01. The van der Waals surface area contributed by atoms with Gasteiger partial charge >= 0.3 is 0 Å². The van der Waals surface area contributed by atoms with E-state index < -0.39 is 0 Å². The van der Waals surface area contributed by atoms with Crippen molar-refractivity contribution in [1.29, 1.82) is 0 Å². The molecule has 0 aliphatic carbocycles. The van der Waals surface area contributed by atoms with Crippen LogP contribution >= 0.6 is 0 Å². The van der Waals surface area contributed by atoms with Gasteiger partial charge in [0.05, 0.1) is 23.8 Å². The van der Waals surface area contributed by atoms with E-state index in [-0.39, 0.29) is 0 Å². The Labute approximate surface area is 128 Å². The normalized spacial score (nSPS) is 11.5. The molecule has 22 heavy (non-hydrogen) atoms. The Hall–Kier alpha value is -3.08. The first-order valence-electron chi connectivity index (χ1n) is 6.89. The topological polar surface area (TPSA) is 55.4 Å². The molecule has 0 atom stereocenters. The molecule has 3 rings (SSSR count). The standard InChI is InChI=1S/C17H15N5/c1-22-14(12-20-16-6-2-4-10-18-16)8-9-15(22)13-21-17-7-3-5-11-19-17/h2-13H,1H3/b20-12+,21-13+. The summed E-state index contributed by atoms with van der Waals surface area (Å²) in [6, 6.07) is 15.3. The van der Waals surface area contributed by atoms with E-state index in [0.29, 0.717) is 11.6 Å². The molecule has 0 fully saturated rings. The molecule has 0 aliphatic rings. The number of hydrogen-bond acceptors (Lipinski definition) is 4. The highest BCUT2D eigenvalue weighted by molar-refractivity contribution is 5.85. The molecule has 0 N–H and O–H groups in total. The number of aliphatic imine (C=N–C) groups is 2. The van der Waals surface area contributed by atoms with Crippen LogP contribution in [0.3, 0.4) is 0 Å². The van der Waals surface area contributed by atoms with Gasteiger partial charge in [-0.3, -0.25) is 0 Å². The maximum atomic E-state index is 4.36. The fourth-order valence-electron chi connectivity index (χ4n) is 1.93. The smallest absolute Gasteiger partial charge is 0.151 e. The third kappa shape index (κ3) is 3.32. The van der Waals surface area contributed by atoms with Gasteiger partial charge in [0.25, 0.3) is 0 Å². The molecule has 0 amide bonds. The average Bonchev–Trinajstić information content (AvgIpc) is 2.93. The summed E-state index contributed by atoms with van der Waals surface area (Å²) in [7, 11) is 1.97. The van der Waals surface area contributed by atoms with Gasteiger partial charge in [-0.2, -0.15) is 0 Å². The molecular weight excluding hydrogens is 274 g/mol. The van der Waals surface area contributed by atoms with Gasteiger partial charge in [0.1, 0.15) is 0 Å². The van der Waals surface area contributed by atoms with Crippen LogP contribution in [0.2, 0.25) is 0 Å². The summed E-state index contributed by atoms with van der Waals surface area (Å²) >= 11 is 0. The zero-order valence-electron chi connectivity index (χ0n) is 12.2. The van der Waals surface area contributed by atoms with E-state index in [1.807, 2.05) is 60.1 Å². The molecular formula is C17H15N5. The first-order chi connectivity index (χ1) is 10.8. The third-order valence-corrected chi connectivity index (χ3v) is 3.16. The predicted molar refractivity (Wildman–Crippen MR) is 88.4 cm³/mol. The van der Waals surface area contributed by atoms with Crippen molar-refractivity contribution in [2.75, 3.05) is 0 Å². The van der Waals surface area contributed by atoms with E-state index in [4.69, 9.17) is 0 Å². The van der Waals surface area contributed by atoms with Gasteiger partial charge in [-0.05, 0) is 36.4 Å². The molecule has 108 valence electrons. The summed E-state index contributed by atoms with van der Waals surface area (Å²) in [6.45, 7) is 0. The van der Waals surface area contributed by atoms with Crippen LogP contribution in [0.4, 0.5) is 11.6 Å². The maximum Gasteiger partial charge on any atom is 0.151 e. The molecule has 0 saturated carbocycles. The Balaban J connectivity index is 1.78. The van der Waals surface area contributed by atoms with E-state index in [0.717, 1.165) is 11.4 Å². The minimum atomic E-state index is 0.687. The zero-order valence-corrected chi connectivity index (χ0v) is 12.2. The number of aromatic nitrogens is 3. The van der Waals surface area contributed by atoms with Crippen LogP contribution in [0.5, 0.6) is 0 Å². The van der Waals surface area contributed by atoms with Crippen LogP contribution in [0.25, 0.3) is 0 Å². The molecule has 0 saturated heterocycles. The number of hydrogen-bond donors (Lipinski definition) is 0. The van der Waals surface area contributed by atoms with Crippen molar-refractivity contribution in [3.63, 3.8) is 0 Å². The van der Waals surface area contributed by atoms with Gasteiger partial charge in [0.2, 0.25) is 0 Å². The molecule has 5 nitrogen and oxygen atoms in total. The Morgan fingerprint density at radius 2 is 1.27 bits per heavy atom. The summed E-state index contributed by atoms with van der Waals surface area (Å²) in [4.78, 5) is 17.0. The SMILES string of the molecule is Cn1c(/C=N/c2ccccn2)ccc1/C=N/c1ccccn1. The summed E-state index contributed by atoms with van der Waals surface area (Å²) in [5.74, 6) is 1.37. The van der Waals surface area contributed by atoms with Crippen molar-refractivity contribution < 1.29 is 0 Å². The largest absolute Gasteiger partial charge is 0.342 e. The van der Waals surface area contributed by atoms with Crippen LogP contribution < -0.4 is 0 Å². The van der Waals surface area contributed by atoms with E-state index >= 15 is 0 Å². The first-order valence-corrected chi connectivity index (χ1v) is 6.89. The Morgan fingerprint density at radius 3 is 1.68 bits per heavy atom.